The van der Waals surface area contributed by atoms with E-state index in [1.165, 1.54) is 0 Å². The quantitative estimate of drug-likeness (QED) is 0.544. The summed E-state index contributed by atoms with van der Waals surface area (Å²) in [6.45, 7) is 0.329. The van der Waals surface area contributed by atoms with Gasteiger partial charge in [-0.15, -0.1) is 0 Å². The number of para-hydroxylation sites is 1. The van der Waals surface area contributed by atoms with E-state index in [2.05, 4.69) is 5.32 Å². The lowest BCUT2D eigenvalue weighted by Crippen LogP contribution is -2.03. The summed E-state index contributed by atoms with van der Waals surface area (Å²) < 4.78 is 5.79. The van der Waals surface area contributed by atoms with Gasteiger partial charge in [-0.1, -0.05) is 65.7 Å². The number of hydrogen-bond acceptors (Lipinski definition) is 2. The van der Waals surface area contributed by atoms with Crippen molar-refractivity contribution in [2.45, 2.75) is 6.61 Å². The van der Waals surface area contributed by atoms with E-state index in [0.29, 0.717) is 28.0 Å². The van der Waals surface area contributed by atoms with E-state index in [9.17, 15) is 4.79 Å². The lowest BCUT2D eigenvalue weighted by Gasteiger charge is -2.10. The average molecular weight is 396 g/mol. The Morgan fingerprint density at radius 3 is 2.52 bits per heavy atom. The average Bonchev–Trinajstić information content (AvgIpc) is 2.98. The third kappa shape index (κ3) is 3.70. The number of ether oxygens (including phenoxy) is 1. The lowest BCUT2D eigenvalue weighted by molar-refractivity contribution is -0.110. The Morgan fingerprint density at radius 2 is 1.70 bits per heavy atom. The van der Waals surface area contributed by atoms with E-state index in [1.807, 2.05) is 60.7 Å². The van der Waals surface area contributed by atoms with Gasteiger partial charge in [0.05, 0.1) is 5.02 Å². The zero-order valence-corrected chi connectivity index (χ0v) is 15.7. The second-order valence-electron chi connectivity index (χ2n) is 6.13. The third-order valence-corrected chi connectivity index (χ3v) is 4.98. The molecule has 5 heteroatoms. The van der Waals surface area contributed by atoms with Crippen LogP contribution < -0.4 is 10.1 Å². The molecule has 0 bridgehead atoms. The molecule has 1 amide bonds. The predicted molar refractivity (Wildman–Crippen MR) is 110 cm³/mol. The predicted octanol–water partition coefficient (Wildman–Crippen LogP) is 6.07. The number of rotatable bonds is 4. The van der Waals surface area contributed by atoms with Crippen molar-refractivity contribution in [2.24, 2.45) is 0 Å². The fourth-order valence-electron chi connectivity index (χ4n) is 2.94. The van der Waals surface area contributed by atoms with Crippen molar-refractivity contribution in [3.8, 4) is 5.75 Å². The van der Waals surface area contributed by atoms with Crippen molar-refractivity contribution in [3.05, 3.63) is 93.5 Å². The van der Waals surface area contributed by atoms with Gasteiger partial charge in [-0.25, -0.2) is 0 Å². The highest BCUT2D eigenvalue weighted by atomic mass is 35.5. The minimum atomic E-state index is -0.119. The van der Waals surface area contributed by atoms with E-state index < -0.39 is 0 Å². The number of hydrogen-bond donors (Lipinski definition) is 1. The second kappa shape index (κ2) is 7.47. The Kier molecular flexibility index (Phi) is 4.88. The molecule has 1 aliphatic rings. The van der Waals surface area contributed by atoms with Crippen LogP contribution in [0.5, 0.6) is 5.75 Å². The number of anilines is 1. The Balaban J connectivity index is 1.56. The molecule has 0 saturated heterocycles. The number of benzene rings is 3. The summed E-state index contributed by atoms with van der Waals surface area (Å²) in [5.74, 6) is 0.446. The molecule has 0 atom stereocenters. The Morgan fingerprint density at radius 1 is 0.926 bits per heavy atom. The first kappa shape index (κ1) is 17.7. The molecule has 1 N–H and O–H groups in total. The van der Waals surface area contributed by atoms with E-state index in [1.54, 1.807) is 12.1 Å². The standard InChI is InChI=1S/C22H15Cl2NO2/c23-18-7-3-1-5-15(18)13-27-21-10-9-14(12-19(21)24)11-17-16-6-2-4-8-20(16)25-22(17)26/h1-12H,13H2,(H,25,26)/b17-11-. The molecule has 134 valence electrons. The Bertz CT molecular complexity index is 1060. The van der Waals surface area contributed by atoms with Crippen molar-refractivity contribution in [2.75, 3.05) is 5.32 Å². The van der Waals surface area contributed by atoms with Crippen LogP contribution in [0, 0.1) is 0 Å². The van der Waals surface area contributed by atoms with Crippen molar-refractivity contribution in [1.82, 2.24) is 0 Å². The van der Waals surface area contributed by atoms with Gasteiger partial charge in [0.2, 0.25) is 0 Å². The van der Waals surface area contributed by atoms with Gasteiger partial charge in [0.15, 0.2) is 0 Å². The van der Waals surface area contributed by atoms with Gasteiger partial charge in [0, 0.05) is 27.4 Å². The summed E-state index contributed by atoms with van der Waals surface area (Å²) in [7, 11) is 0. The minimum absolute atomic E-state index is 0.119. The van der Waals surface area contributed by atoms with Crippen LogP contribution in [0.4, 0.5) is 5.69 Å². The van der Waals surface area contributed by atoms with Gasteiger partial charge < -0.3 is 10.1 Å². The smallest absolute Gasteiger partial charge is 0.256 e. The van der Waals surface area contributed by atoms with Crippen LogP contribution in [-0.2, 0) is 11.4 Å². The van der Waals surface area contributed by atoms with E-state index in [-0.39, 0.29) is 5.91 Å². The molecular formula is C22H15Cl2NO2. The normalized spacial score (nSPS) is 14.1. The van der Waals surface area contributed by atoms with Crippen LogP contribution in [0.2, 0.25) is 10.0 Å². The molecule has 0 fully saturated rings. The first-order chi connectivity index (χ1) is 13.1. The summed E-state index contributed by atoms with van der Waals surface area (Å²) >= 11 is 12.5. The molecule has 0 aliphatic carbocycles. The monoisotopic (exact) mass is 395 g/mol. The SMILES string of the molecule is O=C1Nc2ccccc2/C1=C/c1ccc(OCc2ccccc2Cl)c(Cl)c1. The molecule has 4 rings (SSSR count). The number of nitrogens with one attached hydrogen (secondary N) is 1. The topological polar surface area (TPSA) is 38.3 Å². The van der Waals surface area contributed by atoms with Crippen molar-refractivity contribution in [1.29, 1.82) is 0 Å². The second-order valence-corrected chi connectivity index (χ2v) is 6.94. The van der Waals surface area contributed by atoms with Gasteiger partial charge >= 0.3 is 0 Å². The first-order valence-electron chi connectivity index (χ1n) is 8.40. The Labute approximate surface area is 167 Å². The molecule has 1 heterocycles. The summed E-state index contributed by atoms with van der Waals surface area (Å²) in [5.41, 5.74) is 4.04. The minimum Gasteiger partial charge on any atom is -0.487 e. The zero-order chi connectivity index (χ0) is 18.8. The van der Waals surface area contributed by atoms with Crippen molar-refractivity contribution in [3.63, 3.8) is 0 Å². The van der Waals surface area contributed by atoms with E-state index in [4.69, 9.17) is 27.9 Å². The van der Waals surface area contributed by atoms with Crippen LogP contribution in [0.1, 0.15) is 16.7 Å². The summed E-state index contributed by atoms with van der Waals surface area (Å²) in [6.07, 6.45) is 1.82. The molecule has 0 unspecified atom stereocenters. The van der Waals surface area contributed by atoms with Crippen LogP contribution >= 0.6 is 23.2 Å². The van der Waals surface area contributed by atoms with Gasteiger partial charge in [-0.05, 0) is 35.9 Å². The molecule has 3 nitrogen and oxygen atoms in total. The maximum absolute atomic E-state index is 12.2. The van der Waals surface area contributed by atoms with Crippen molar-refractivity contribution >= 4 is 46.4 Å². The molecule has 0 aromatic heterocycles. The Hall–Kier alpha value is -2.75. The van der Waals surface area contributed by atoms with Crippen LogP contribution in [0.3, 0.4) is 0 Å². The number of fused-ring (bicyclic) bond motifs is 1. The molecule has 0 saturated carbocycles. The molecule has 0 spiro atoms. The largest absolute Gasteiger partial charge is 0.487 e. The van der Waals surface area contributed by atoms with Crippen LogP contribution in [0.15, 0.2) is 66.7 Å². The van der Waals surface area contributed by atoms with E-state index in [0.717, 1.165) is 22.4 Å². The lowest BCUT2D eigenvalue weighted by atomic mass is 10.0. The number of carbonyl (C=O) groups is 1. The maximum atomic E-state index is 12.2. The highest BCUT2D eigenvalue weighted by Crippen LogP contribution is 2.34. The van der Waals surface area contributed by atoms with Gasteiger partial charge in [0.25, 0.3) is 5.91 Å². The van der Waals surface area contributed by atoms with Crippen LogP contribution in [-0.4, -0.2) is 5.91 Å². The zero-order valence-electron chi connectivity index (χ0n) is 14.2. The maximum Gasteiger partial charge on any atom is 0.256 e. The molecule has 27 heavy (non-hydrogen) atoms. The number of carbonyl (C=O) groups excluding carboxylic acids is 1. The van der Waals surface area contributed by atoms with Gasteiger partial charge in [-0.2, -0.15) is 0 Å². The highest BCUT2D eigenvalue weighted by molar-refractivity contribution is 6.35. The van der Waals surface area contributed by atoms with Gasteiger partial charge in [0.1, 0.15) is 12.4 Å². The fourth-order valence-corrected chi connectivity index (χ4v) is 3.38. The number of amides is 1. The number of halogens is 2. The first-order valence-corrected chi connectivity index (χ1v) is 9.15. The summed E-state index contributed by atoms with van der Waals surface area (Å²) in [5, 5.41) is 3.99. The highest BCUT2D eigenvalue weighted by Gasteiger charge is 2.23. The van der Waals surface area contributed by atoms with Gasteiger partial charge in [-0.3, -0.25) is 4.79 Å². The molecule has 3 aromatic rings. The molecule has 1 aliphatic heterocycles. The molecule has 0 radical (unpaired) electrons. The summed E-state index contributed by atoms with van der Waals surface area (Å²) in [6, 6.07) is 20.6. The summed E-state index contributed by atoms with van der Waals surface area (Å²) in [4.78, 5) is 12.2. The van der Waals surface area contributed by atoms with Crippen LogP contribution in [0.25, 0.3) is 11.6 Å². The molecule has 3 aromatic carbocycles. The fraction of sp³-hybridized carbons (Fsp3) is 0.0455. The van der Waals surface area contributed by atoms with Crippen molar-refractivity contribution < 1.29 is 9.53 Å². The van der Waals surface area contributed by atoms with E-state index >= 15 is 0 Å². The third-order valence-electron chi connectivity index (χ3n) is 4.32. The molecular weight excluding hydrogens is 381 g/mol.